The third kappa shape index (κ3) is 2.94. The molecule has 90 valence electrons. The number of alkyl halides is 1. The summed E-state index contributed by atoms with van der Waals surface area (Å²) in [7, 11) is 0. The third-order valence-corrected chi connectivity index (χ3v) is 3.66. The van der Waals surface area contributed by atoms with Gasteiger partial charge in [-0.15, -0.1) is 0 Å². The molecule has 0 fully saturated rings. The molecular weight excluding hydrogens is 278 g/mol. The van der Waals surface area contributed by atoms with Crippen LogP contribution in [0.4, 0.5) is 0 Å². The number of nitrogens with zero attached hydrogens (tertiary/aromatic N) is 3. The summed E-state index contributed by atoms with van der Waals surface area (Å²) in [5.41, 5.74) is 1.34. The highest BCUT2D eigenvalue weighted by Crippen LogP contribution is 2.21. The number of hydrogen-bond acceptors (Lipinski definition) is 2. The van der Waals surface area contributed by atoms with Gasteiger partial charge in [-0.1, -0.05) is 46.3 Å². The number of aryl methyl sites for hydroxylation is 1. The fourth-order valence-corrected chi connectivity index (χ4v) is 2.52. The highest BCUT2D eigenvalue weighted by molar-refractivity contribution is 9.09. The number of benzene rings is 1. The summed E-state index contributed by atoms with van der Waals surface area (Å²) in [6.45, 7) is 2.96. The predicted molar refractivity (Wildman–Crippen MR) is 72.4 cm³/mol. The van der Waals surface area contributed by atoms with Crippen molar-refractivity contribution in [3.8, 4) is 0 Å². The Labute approximate surface area is 110 Å². The number of aromatic nitrogens is 3. The molecule has 0 saturated heterocycles. The Morgan fingerprint density at radius 2 is 2.06 bits per heavy atom. The smallest absolute Gasteiger partial charge is 0.138 e. The van der Waals surface area contributed by atoms with Crippen molar-refractivity contribution in [2.75, 3.05) is 5.33 Å². The summed E-state index contributed by atoms with van der Waals surface area (Å²) in [4.78, 5) is 4.33. The van der Waals surface area contributed by atoms with Crippen molar-refractivity contribution in [2.45, 2.75) is 25.8 Å². The molecule has 2 rings (SSSR count). The van der Waals surface area contributed by atoms with Crippen molar-refractivity contribution >= 4 is 15.9 Å². The van der Waals surface area contributed by atoms with E-state index < -0.39 is 0 Å². The van der Waals surface area contributed by atoms with Crippen molar-refractivity contribution in [1.29, 1.82) is 0 Å². The average Bonchev–Trinajstić information content (AvgIpc) is 2.84. The fourth-order valence-electron chi connectivity index (χ4n) is 1.92. The number of halogens is 1. The molecule has 0 saturated carbocycles. The summed E-state index contributed by atoms with van der Waals surface area (Å²) in [5.74, 6) is 1.51. The molecule has 17 heavy (non-hydrogen) atoms. The molecule has 4 heteroatoms. The lowest BCUT2D eigenvalue weighted by molar-refractivity contribution is 0.592. The largest absolute Gasteiger partial charge is 0.250 e. The standard InChI is InChI=1S/C13H16BrN3/c1-2-17-13(15-10-16-17)8-12(9-14)11-6-4-3-5-7-11/h3-7,10,12H,2,8-9H2,1H3. The van der Waals surface area contributed by atoms with E-state index in [-0.39, 0.29) is 0 Å². The quantitative estimate of drug-likeness (QED) is 0.794. The second kappa shape index (κ2) is 5.96. The molecule has 1 aromatic heterocycles. The Morgan fingerprint density at radius 1 is 1.29 bits per heavy atom. The van der Waals surface area contributed by atoms with E-state index in [1.807, 2.05) is 10.7 Å². The molecule has 0 bridgehead atoms. The molecule has 0 amide bonds. The molecule has 1 heterocycles. The minimum Gasteiger partial charge on any atom is -0.250 e. The van der Waals surface area contributed by atoms with Crippen LogP contribution in [0.1, 0.15) is 24.2 Å². The van der Waals surface area contributed by atoms with E-state index in [4.69, 9.17) is 0 Å². The first kappa shape index (κ1) is 12.3. The van der Waals surface area contributed by atoms with Crippen molar-refractivity contribution < 1.29 is 0 Å². The minimum absolute atomic E-state index is 0.450. The topological polar surface area (TPSA) is 30.7 Å². The maximum Gasteiger partial charge on any atom is 0.138 e. The van der Waals surface area contributed by atoms with Crippen LogP contribution in [0.15, 0.2) is 36.7 Å². The Balaban J connectivity index is 2.16. The Kier molecular flexibility index (Phi) is 4.31. The van der Waals surface area contributed by atoms with Crippen LogP contribution in [0.2, 0.25) is 0 Å². The van der Waals surface area contributed by atoms with Crippen LogP contribution in [0.3, 0.4) is 0 Å². The SMILES string of the molecule is CCn1ncnc1CC(CBr)c1ccccc1. The zero-order valence-corrected chi connectivity index (χ0v) is 11.5. The second-order valence-corrected chi connectivity index (χ2v) is 4.61. The highest BCUT2D eigenvalue weighted by Gasteiger charge is 2.14. The molecule has 3 nitrogen and oxygen atoms in total. The summed E-state index contributed by atoms with van der Waals surface area (Å²) in [6, 6.07) is 10.5. The van der Waals surface area contributed by atoms with Gasteiger partial charge < -0.3 is 0 Å². The van der Waals surface area contributed by atoms with E-state index in [0.717, 1.165) is 24.1 Å². The lowest BCUT2D eigenvalue weighted by atomic mass is 9.97. The normalized spacial score (nSPS) is 12.6. The molecule has 0 aliphatic rings. The van der Waals surface area contributed by atoms with Crippen LogP contribution in [0.5, 0.6) is 0 Å². The van der Waals surface area contributed by atoms with Gasteiger partial charge in [-0.3, -0.25) is 4.68 Å². The van der Waals surface area contributed by atoms with Gasteiger partial charge in [0.1, 0.15) is 12.2 Å². The summed E-state index contributed by atoms with van der Waals surface area (Å²) in [5, 5.41) is 5.14. The molecule has 1 atom stereocenters. The van der Waals surface area contributed by atoms with E-state index in [1.165, 1.54) is 5.56 Å². The molecule has 1 aromatic carbocycles. The lowest BCUT2D eigenvalue weighted by Crippen LogP contribution is -2.10. The van der Waals surface area contributed by atoms with Crippen molar-refractivity contribution in [2.24, 2.45) is 0 Å². The van der Waals surface area contributed by atoms with Gasteiger partial charge >= 0.3 is 0 Å². The summed E-state index contributed by atoms with van der Waals surface area (Å²) in [6.07, 6.45) is 2.55. The number of hydrogen-bond donors (Lipinski definition) is 0. The first-order valence-corrected chi connectivity index (χ1v) is 6.95. The average molecular weight is 294 g/mol. The Morgan fingerprint density at radius 3 is 2.71 bits per heavy atom. The van der Waals surface area contributed by atoms with Gasteiger partial charge in [-0.05, 0) is 12.5 Å². The first-order valence-electron chi connectivity index (χ1n) is 5.82. The highest BCUT2D eigenvalue weighted by atomic mass is 79.9. The van der Waals surface area contributed by atoms with Crippen LogP contribution in [-0.4, -0.2) is 20.1 Å². The fraction of sp³-hybridized carbons (Fsp3) is 0.385. The van der Waals surface area contributed by atoms with Gasteiger partial charge in [0.15, 0.2) is 0 Å². The Hall–Kier alpha value is -1.16. The van der Waals surface area contributed by atoms with Gasteiger partial charge in [0.05, 0.1) is 0 Å². The van der Waals surface area contributed by atoms with E-state index in [0.29, 0.717) is 5.92 Å². The van der Waals surface area contributed by atoms with Crippen LogP contribution in [-0.2, 0) is 13.0 Å². The summed E-state index contributed by atoms with van der Waals surface area (Å²) < 4.78 is 1.96. The van der Waals surface area contributed by atoms with Crippen molar-refractivity contribution in [3.63, 3.8) is 0 Å². The van der Waals surface area contributed by atoms with E-state index >= 15 is 0 Å². The maximum absolute atomic E-state index is 4.33. The molecule has 0 aliphatic carbocycles. The Bertz CT molecular complexity index is 453. The monoisotopic (exact) mass is 293 g/mol. The van der Waals surface area contributed by atoms with Crippen LogP contribution in [0, 0.1) is 0 Å². The number of rotatable bonds is 5. The molecule has 0 spiro atoms. The van der Waals surface area contributed by atoms with E-state index in [1.54, 1.807) is 6.33 Å². The van der Waals surface area contributed by atoms with Gasteiger partial charge in [-0.25, -0.2) is 4.98 Å². The zero-order chi connectivity index (χ0) is 12.1. The van der Waals surface area contributed by atoms with E-state index in [9.17, 15) is 0 Å². The zero-order valence-electron chi connectivity index (χ0n) is 9.88. The van der Waals surface area contributed by atoms with Crippen LogP contribution < -0.4 is 0 Å². The lowest BCUT2D eigenvalue weighted by Gasteiger charge is -2.14. The molecule has 0 N–H and O–H groups in total. The van der Waals surface area contributed by atoms with Gasteiger partial charge in [0.2, 0.25) is 0 Å². The van der Waals surface area contributed by atoms with Crippen molar-refractivity contribution in [3.05, 3.63) is 48.0 Å². The van der Waals surface area contributed by atoms with Gasteiger partial charge in [0, 0.05) is 24.2 Å². The second-order valence-electron chi connectivity index (χ2n) is 3.96. The predicted octanol–water partition coefficient (Wildman–Crippen LogP) is 3.02. The third-order valence-electron chi connectivity index (χ3n) is 2.88. The van der Waals surface area contributed by atoms with E-state index in [2.05, 4.69) is 57.2 Å². The maximum atomic E-state index is 4.33. The van der Waals surface area contributed by atoms with Gasteiger partial charge in [-0.2, -0.15) is 5.10 Å². The van der Waals surface area contributed by atoms with Crippen molar-refractivity contribution in [1.82, 2.24) is 14.8 Å². The summed E-state index contributed by atoms with van der Waals surface area (Å²) >= 11 is 3.59. The molecule has 0 aliphatic heterocycles. The molecule has 1 unspecified atom stereocenters. The van der Waals surface area contributed by atoms with Crippen LogP contribution in [0.25, 0.3) is 0 Å². The van der Waals surface area contributed by atoms with Crippen LogP contribution >= 0.6 is 15.9 Å². The first-order chi connectivity index (χ1) is 8.35. The molecular formula is C13H16BrN3. The molecule has 2 aromatic rings. The molecule has 0 radical (unpaired) electrons. The minimum atomic E-state index is 0.450. The van der Waals surface area contributed by atoms with Gasteiger partial charge in [0.25, 0.3) is 0 Å².